The molecule has 21 heavy (non-hydrogen) atoms. The number of hydrogen-bond acceptors (Lipinski definition) is 4. The van der Waals surface area contributed by atoms with Gasteiger partial charge in [-0.25, -0.2) is 0 Å². The van der Waals surface area contributed by atoms with Crippen molar-refractivity contribution in [2.45, 2.75) is 0 Å². The van der Waals surface area contributed by atoms with Crippen LogP contribution in [-0.4, -0.2) is 17.2 Å². The molecule has 104 valence electrons. The molecule has 0 amide bonds. The minimum absolute atomic E-state index is 0.113. The number of rotatable bonds is 4. The maximum absolute atomic E-state index is 10.8. The highest BCUT2D eigenvalue weighted by molar-refractivity contribution is 5.99. The van der Waals surface area contributed by atoms with E-state index in [4.69, 9.17) is 0 Å². The second-order valence-corrected chi connectivity index (χ2v) is 4.53. The molecule has 5 heteroatoms. The van der Waals surface area contributed by atoms with E-state index in [-0.39, 0.29) is 5.56 Å². The van der Waals surface area contributed by atoms with Gasteiger partial charge in [0.1, 0.15) is 0 Å². The van der Waals surface area contributed by atoms with Crippen molar-refractivity contribution >= 4 is 28.8 Å². The molecule has 0 bridgehead atoms. The van der Waals surface area contributed by atoms with Crippen LogP contribution in [0.1, 0.15) is 15.9 Å². The van der Waals surface area contributed by atoms with E-state index in [1.807, 2.05) is 30.5 Å². The largest absolute Gasteiger partial charge is 0.545 e. The Hall–Kier alpha value is -3.08. The fourth-order valence-corrected chi connectivity index (χ4v) is 2.09. The molecule has 1 heterocycles. The van der Waals surface area contributed by atoms with E-state index in [0.717, 1.165) is 16.5 Å². The van der Waals surface area contributed by atoms with Crippen molar-refractivity contribution in [2.24, 2.45) is 5.10 Å². The lowest BCUT2D eigenvalue weighted by Gasteiger charge is -2.04. The van der Waals surface area contributed by atoms with Crippen molar-refractivity contribution in [1.82, 2.24) is 4.98 Å². The van der Waals surface area contributed by atoms with Gasteiger partial charge in [0.05, 0.1) is 17.9 Å². The van der Waals surface area contributed by atoms with Gasteiger partial charge in [-0.2, -0.15) is 5.10 Å². The summed E-state index contributed by atoms with van der Waals surface area (Å²) in [4.78, 5) is 13.9. The predicted molar refractivity (Wildman–Crippen MR) is 80.3 cm³/mol. The molecule has 2 aromatic carbocycles. The molecule has 0 atom stereocenters. The van der Waals surface area contributed by atoms with Gasteiger partial charge >= 0.3 is 0 Å². The minimum Gasteiger partial charge on any atom is -0.545 e. The lowest BCUT2D eigenvalue weighted by atomic mass is 10.2. The van der Waals surface area contributed by atoms with Crippen molar-refractivity contribution < 1.29 is 9.90 Å². The average molecular weight is 278 g/mol. The summed E-state index contributed by atoms with van der Waals surface area (Å²) in [6.07, 6.45) is 3.55. The number of carboxylic acids is 1. The van der Waals surface area contributed by atoms with Gasteiger partial charge in [0.2, 0.25) is 0 Å². The summed E-state index contributed by atoms with van der Waals surface area (Å²) in [5, 5.41) is 16.0. The van der Waals surface area contributed by atoms with E-state index >= 15 is 0 Å². The maximum atomic E-state index is 10.8. The first-order chi connectivity index (χ1) is 10.2. The zero-order valence-electron chi connectivity index (χ0n) is 11.0. The van der Waals surface area contributed by atoms with Crippen LogP contribution in [0.4, 0.5) is 5.69 Å². The quantitative estimate of drug-likeness (QED) is 0.565. The topological polar surface area (TPSA) is 80.3 Å². The highest BCUT2D eigenvalue weighted by Gasteiger charge is 1.99. The fourth-order valence-electron chi connectivity index (χ4n) is 2.09. The van der Waals surface area contributed by atoms with Crippen LogP contribution in [0.15, 0.2) is 59.8 Å². The first-order valence-electron chi connectivity index (χ1n) is 6.40. The molecule has 2 N–H and O–H groups in total. The lowest BCUT2D eigenvalue weighted by molar-refractivity contribution is -0.255. The number of aromatic carboxylic acids is 1. The van der Waals surface area contributed by atoms with E-state index in [0.29, 0.717) is 5.69 Å². The number of para-hydroxylation sites is 1. The number of carbonyl (C=O) groups excluding carboxylic acids is 1. The molecular formula is C16H12N3O2-. The molecule has 0 aliphatic heterocycles. The monoisotopic (exact) mass is 278 g/mol. The van der Waals surface area contributed by atoms with Gasteiger partial charge in [-0.15, -0.1) is 0 Å². The van der Waals surface area contributed by atoms with Crippen LogP contribution in [0.5, 0.6) is 0 Å². The van der Waals surface area contributed by atoms with E-state index in [9.17, 15) is 9.90 Å². The normalized spacial score (nSPS) is 11.0. The molecule has 0 saturated heterocycles. The summed E-state index contributed by atoms with van der Waals surface area (Å²) in [6, 6.07) is 14.2. The third-order valence-electron chi connectivity index (χ3n) is 3.12. The number of aromatic amines is 1. The Morgan fingerprint density at radius 2 is 2.05 bits per heavy atom. The van der Waals surface area contributed by atoms with Crippen LogP contribution in [0, 0.1) is 0 Å². The van der Waals surface area contributed by atoms with Crippen molar-refractivity contribution in [2.75, 3.05) is 5.43 Å². The molecule has 0 aliphatic rings. The van der Waals surface area contributed by atoms with E-state index in [2.05, 4.69) is 15.5 Å². The van der Waals surface area contributed by atoms with Crippen LogP contribution in [0.3, 0.4) is 0 Å². The fraction of sp³-hybridized carbons (Fsp3) is 0. The Morgan fingerprint density at radius 1 is 1.19 bits per heavy atom. The zero-order chi connectivity index (χ0) is 14.7. The van der Waals surface area contributed by atoms with Gasteiger partial charge in [0.15, 0.2) is 0 Å². The summed E-state index contributed by atoms with van der Waals surface area (Å²) in [6.45, 7) is 0. The van der Waals surface area contributed by atoms with Gasteiger partial charge in [-0.1, -0.05) is 30.3 Å². The number of benzene rings is 2. The second-order valence-electron chi connectivity index (χ2n) is 4.53. The first-order valence-corrected chi connectivity index (χ1v) is 6.40. The number of nitrogens with one attached hydrogen (secondary N) is 2. The van der Waals surface area contributed by atoms with Crippen LogP contribution in [0.25, 0.3) is 10.9 Å². The van der Waals surface area contributed by atoms with Gasteiger partial charge in [0.25, 0.3) is 0 Å². The molecule has 3 rings (SSSR count). The Kier molecular flexibility index (Phi) is 3.39. The van der Waals surface area contributed by atoms with Crippen LogP contribution in [0.2, 0.25) is 0 Å². The number of carbonyl (C=O) groups is 1. The van der Waals surface area contributed by atoms with Crippen molar-refractivity contribution in [1.29, 1.82) is 0 Å². The molecule has 1 aromatic heterocycles. The van der Waals surface area contributed by atoms with Crippen molar-refractivity contribution in [3.05, 3.63) is 65.9 Å². The Bertz CT molecular complexity index is 821. The minimum atomic E-state index is -1.21. The Balaban J connectivity index is 1.78. The smallest absolute Gasteiger partial charge is 0.0716 e. The molecule has 0 fully saturated rings. The lowest BCUT2D eigenvalue weighted by Crippen LogP contribution is -2.22. The molecule has 0 spiro atoms. The molecule has 0 aliphatic carbocycles. The Morgan fingerprint density at radius 3 is 2.90 bits per heavy atom. The van der Waals surface area contributed by atoms with Crippen LogP contribution in [-0.2, 0) is 0 Å². The molecule has 5 nitrogen and oxygen atoms in total. The van der Waals surface area contributed by atoms with E-state index in [1.165, 1.54) is 12.1 Å². The van der Waals surface area contributed by atoms with Crippen LogP contribution >= 0.6 is 0 Å². The third kappa shape index (κ3) is 2.76. The number of fused-ring (bicyclic) bond motifs is 1. The van der Waals surface area contributed by atoms with E-state index < -0.39 is 5.97 Å². The molecule has 3 aromatic rings. The summed E-state index contributed by atoms with van der Waals surface area (Å²) in [7, 11) is 0. The number of H-pyrrole nitrogens is 1. The average Bonchev–Trinajstić information content (AvgIpc) is 2.91. The van der Waals surface area contributed by atoms with Gasteiger partial charge < -0.3 is 14.9 Å². The van der Waals surface area contributed by atoms with Gasteiger partial charge in [0, 0.05) is 22.7 Å². The number of anilines is 1. The Labute approximate surface area is 120 Å². The standard InChI is InChI=1S/C16H13N3O2/c20-16(21)11-4-3-5-13(8-11)19-18-10-12-9-17-15-7-2-1-6-14(12)15/h1-10,17,19H,(H,20,21)/p-1/b18-10+. The summed E-state index contributed by atoms with van der Waals surface area (Å²) < 4.78 is 0. The molecular weight excluding hydrogens is 266 g/mol. The third-order valence-corrected chi connectivity index (χ3v) is 3.12. The maximum Gasteiger partial charge on any atom is 0.0716 e. The zero-order valence-corrected chi connectivity index (χ0v) is 11.0. The molecule has 0 radical (unpaired) electrons. The second kappa shape index (κ2) is 5.50. The van der Waals surface area contributed by atoms with E-state index in [1.54, 1.807) is 18.3 Å². The highest BCUT2D eigenvalue weighted by Crippen LogP contribution is 2.16. The van der Waals surface area contributed by atoms with Crippen molar-refractivity contribution in [3.63, 3.8) is 0 Å². The molecule has 0 saturated carbocycles. The van der Waals surface area contributed by atoms with Gasteiger partial charge in [-0.3, -0.25) is 5.43 Å². The number of hydrogen-bond donors (Lipinski definition) is 2. The number of aromatic nitrogens is 1. The molecule has 0 unspecified atom stereocenters. The number of nitrogens with zero attached hydrogens (tertiary/aromatic N) is 1. The summed E-state index contributed by atoms with van der Waals surface area (Å²) in [5.74, 6) is -1.21. The number of hydrazone groups is 1. The van der Waals surface area contributed by atoms with Crippen LogP contribution < -0.4 is 10.5 Å². The van der Waals surface area contributed by atoms with Gasteiger partial charge in [-0.05, 0) is 23.8 Å². The predicted octanol–water partition coefficient (Wildman–Crippen LogP) is 1.98. The SMILES string of the molecule is O=C([O-])c1cccc(N/N=C/c2c[nH]c3ccccc23)c1. The number of carboxylic acid groups (broad SMARTS) is 1. The summed E-state index contributed by atoms with van der Waals surface area (Å²) in [5.41, 5.74) is 5.50. The van der Waals surface area contributed by atoms with Crippen molar-refractivity contribution in [3.8, 4) is 0 Å². The first kappa shape index (κ1) is 12.9. The summed E-state index contributed by atoms with van der Waals surface area (Å²) >= 11 is 0. The highest BCUT2D eigenvalue weighted by atomic mass is 16.4.